The zero-order valence-corrected chi connectivity index (χ0v) is 13.2. The highest BCUT2D eigenvalue weighted by atomic mass is 35.5. The maximum Gasteiger partial charge on any atom is 0.0608 e. The summed E-state index contributed by atoms with van der Waals surface area (Å²) in [4.78, 5) is 2.46. The Bertz CT molecular complexity index is 417. The molecule has 1 aromatic carbocycles. The molecule has 1 heterocycles. The summed E-state index contributed by atoms with van der Waals surface area (Å²) < 4.78 is 5.72. The van der Waals surface area contributed by atoms with Crippen LogP contribution in [0.15, 0.2) is 18.2 Å². The van der Waals surface area contributed by atoms with Crippen LogP contribution in [0.3, 0.4) is 0 Å². The summed E-state index contributed by atoms with van der Waals surface area (Å²) in [5.41, 5.74) is 2.60. The Hall–Kier alpha value is -0.770. The van der Waals surface area contributed by atoms with Crippen molar-refractivity contribution in [1.82, 2.24) is 5.32 Å². The van der Waals surface area contributed by atoms with E-state index < -0.39 is 0 Å². The zero-order chi connectivity index (χ0) is 14.4. The highest BCUT2D eigenvalue weighted by molar-refractivity contribution is 6.30. The van der Waals surface area contributed by atoms with Crippen molar-refractivity contribution < 1.29 is 4.74 Å². The van der Waals surface area contributed by atoms with Gasteiger partial charge in [-0.05, 0) is 50.1 Å². The number of hydrogen-bond donors (Lipinski definition) is 1. The first kappa shape index (κ1) is 15.6. The summed E-state index contributed by atoms with van der Waals surface area (Å²) in [7, 11) is 0. The van der Waals surface area contributed by atoms with Gasteiger partial charge in [-0.1, -0.05) is 18.5 Å². The molecule has 4 heteroatoms. The van der Waals surface area contributed by atoms with Gasteiger partial charge in [-0.2, -0.15) is 0 Å². The lowest BCUT2D eigenvalue weighted by Crippen LogP contribution is -2.37. The standard InChI is InChI=1S/C16H25ClN2O/c1-3-18-12-13-11-14(17)5-6-16(13)19-9-7-15(8-10-19)20-4-2/h5-6,11,15,18H,3-4,7-10,12H2,1-2H3. The fourth-order valence-corrected chi connectivity index (χ4v) is 2.96. The van der Waals surface area contributed by atoms with E-state index in [2.05, 4.69) is 36.2 Å². The highest BCUT2D eigenvalue weighted by Crippen LogP contribution is 2.27. The molecule has 0 spiro atoms. The topological polar surface area (TPSA) is 24.5 Å². The van der Waals surface area contributed by atoms with Crippen molar-refractivity contribution in [3.63, 3.8) is 0 Å². The van der Waals surface area contributed by atoms with Crippen LogP contribution in [0.5, 0.6) is 0 Å². The van der Waals surface area contributed by atoms with E-state index in [1.165, 1.54) is 11.3 Å². The zero-order valence-electron chi connectivity index (χ0n) is 12.5. The molecule has 1 saturated heterocycles. The van der Waals surface area contributed by atoms with E-state index in [0.717, 1.165) is 50.7 Å². The Labute approximate surface area is 127 Å². The van der Waals surface area contributed by atoms with Crippen molar-refractivity contribution in [1.29, 1.82) is 0 Å². The van der Waals surface area contributed by atoms with Crippen LogP contribution in [0, 0.1) is 0 Å². The third kappa shape index (κ3) is 4.11. The van der Waals surface area contributed by atoms with E-state index in [0.29, 0.717) is 6.10 Å². The lowest BCUT2D eigenvalue weighted by molar-refractivity contribution is 0.0459. The Morgan fingerprint density at radius 1 is 1.30 bits per heavy atom. The van der Waals surface area contributed by atoms with Crippen LogP contribution in [-0.4, -0.2) is 32.3 Å². The van der Waals surface area contributed by atoms with Gasteiger partial charge in [0.25, 0.3) is 0 Å². The van der Waals surface area contributed by atoms with Crippen molar-refractivity contribution in [2.24, 2.45) is 0 Å². The van der Waals surface area contributed by atoms with E-state index >= 15 is 0 Å². The second-order valence-corrected chi connectivity index (χ2v) is 5.63. The third-order valence-electron chi connectivity index (χ3n) is 3.79. The first-order valence-electron chi connectivity index (χ1n) is 7.60. The van der Waals surface area contributed by atoms with Crippen molar-refractivity contribution in [3.8, 4) is 0 Å². The Morgan fingerprint density at radius 2 is 2.05 bits per heavy atom. The minimum Gasteiger partial charge on any atom is -0.378 e. The first-order chi connectivity index (χ1) is 9.74. The van der Waals surface area contributed by atoms with E-state index in [1.54, 1.807) is 0 Å². The molecule has 1 N–H and O–H groups in total. The molecule has 112 valence electrons. The van der Waals surface area contributed by atoms with E-state index in [4.69, 9.17) is 16.3 Å². The monoisotopic (exact) mass is 296 g/mol. The van der Waals surface area contributed by atoms with Crippen LogP contribution in [0.4, 0.5) is 5.69 Å². The van der Waals surface area contributed by atoms with Crippen LogP contribution in [0.2, 0.25) is 5.02 Å². The summed E-state index contributed by atoms with van der Waals surface area (Å²) in [5.74, 6) is 0. The molecule has 20 heavy (non-hydrogen) atoms. The number of anilines is 1. The quantitative estimate of drug-likeness (QED) is 0.870. The Kier molecular flexibility index (Phi) is 6.14. The molecule has 0 amide bonds. The van der Waals surface area contributed by atoms with Gasteiger partial charge in [-0.3, -0.25) is 0 Å². The number of hydrogen-bond acceptors (Lipinski definition) is 3. The summed E-state index contributed by atoms with van der Waals surface area (Å²) in [6.07, 6.45) is 2.65. The van der Waals surface area contributed by atoms with Crippen LogP contribution in [0.1, 0.15) is 32.3 Å². The number of piperidine rings is 1. The number of benzene rings is 1. The molecule has 0 unspecified atom stereocenters. The average Bonchev–Trinajstić information content (AvgIpc) is 2.47. The van der Waals surface area contributed by atoms with Crippen molar-refractivity contribution in [3.05, 3.63) is 28.8 Å². The lowest BCUT2D eigenvalue weighted by atomic mass is 10.0. The predicted molar refractivity (Wildman–Crippen MR) is 85.7 cm³/mol. The molecule has 1 aliphatic heterocycles. The van der Waals surface area contributed by atoms with E-state index in [-0.39, 0.29) is 0 Å². The summed E-state index contributed by atoms with van der Waals surface area (Å²) >= 11 is 6.13. The average molecular weight is 297 g/mol. The second-order valence-electron chi connectivity index (χ2n) is 5.20. The van der Waals surface area contributed by atoms with Crippen molar-refractivity contribution >= 4 is 17.3 Å². The summed E-state index contributed by atoms with van der Waals surface area (Å²) in [6, 6.07) is 6.21. The van der Waals surface area contributed by atoms with Gasteiger partial charge in [-0.15, -0.1) is 0 Å². The van der Waals surface area contributed by atoms with Gasteiger partial charge in [-0.25, -0.2) is 0 Å². The van der Waals surface area contributed by atoms with Gasteiger partial charge in [0.15, 0.2) is 0 Å². The Balaban J connectivity index is 2.04. The SMILES string of the molecule is CCNCc1cc(Cl)ccc1N1CCC(OCC)CC1. The predicted octanol–water partition coefficient (Wildman–Crippen LogP) is 3.45. The summed E-state index contributed by atoms with van der Waals surface area (Å²) in [5, 5.41) is 4.20. The van der Waals surface area contributed by atoms with Gasteiger partial charge in [0, 0.05) is 37.0 Å². The molecule has 0 aromatic heterocycles. The van der Waals surface area contributed by atoms with Crippen molar-refractivity contribution in [2.75, 3.05) is 31.1 Å². The molecule has 1 fully saturated rings. The minimum atomic E-state index is 0.431. The molecule has 0 saturated carbocycles. The largest absolute Gasteiger partial charge is 0.378 e. The highest BCUT2D eigenvalue weighted by Gasteiger charge is 2.21. The maximum absolute atomic E-state index is 6.13. The number of halogens is 1. The molecule has 0 bridgehead atoms. The third-order valence-corrected chi connectivity index (χ3v) is 4.03. The fraction of sp³-hybridized carbons (Fsp3) is 0.625. The van der Waals surface area contributed by atoms with E-state index in [9.17, 15) is 0 Å². The van der Waals surface area contributed by atoms with Gasteiger partial charge >= 0.3 is 0 Å². The van der Waals surface area contributed by atoms with Crippen LogP contribution >= 0.6 is 11.6 Å². The van der Waals surface area contributed by atoms with Gasteiger partial charge < -0.3 is 15.0 Å². The summed E-state index contributed by atoms with van der Waals surface area (Å²) in [6.45, 7) is 8.97. The molecule has 0 aliphatic carbocycles. The van der Waals surface area contributed by atoms with Gasteiger partial charge in [0.05, 0.1) is 6.10 Å². The second kappa shape index (κ2) is 7.87. The van der Waals surface area contributed by atoms with Gasteiger partial charge in [0.1, 0.15) is 0 Å². The molecule has 1 aromatic rings. The molecule has 0 radical (unpaired) electrons. The lowest BCUT2D eigenvalue weighted by Gasteiger charge is -2.34. The maximum atomic E-state index is 6.13. The molecule has 0 atom stereocenters. The molecule has 3 nitrogen and oxygen atoms in total. The molecular weight excluding hydrogens is 272 g/mol. The fourth-order valence-electron chi connectivity index (χ4n) is 2.76. The number of nitrogens with one attached hydrogen (secondary N) is 1. The van der Waals surface area contributed by atoms with Crippen LogP contribution < -0.4 is 10.2 Å². The number of rotatable bonds is 6. The number of ether oxygens (including phenoxy) is 1. The van der Waals surface area contributed by atoms with E-state index in [1.807, 2.05) is 6.07 Å². The van der Waals surface area contributed by atoms with Crippen LogP contribution in [0.25, 0.3) is 0 Å². The van der Waals surface area contributed by atoms with Gasteiger partial charge in [0.2, 0.25) is 0 Å². The Morgan fingerprint density at radius 3 is 2.70 bits per heavy atom. The molecular formula is C16H25ClN2O. The van der Waals surface area contributed by atoms with Crippen molar-refractivity contribution in [2.45, 2.75) is 39.3 Å². The normalized spacial score (nSPS) is 16.6. The molecule has 1 aliphatic rings. The minimum absolute atomic E-state index is 0.431. The van der Waals surface area contributed by atoms with Crippen LogP contribution in [-0.2, 0) is 11.3 Å². The smallest absolute Gasteiger partial charge is 0.0608 e. The first-order valence-corrected chi connectivity index (χ1v) is 7.98. The number of nitrogens with zero attached hydrogens (tertiary/aromatic N) is 1. The molecule has 2 rings (SSSR count).